The lowest BCUT2D eigenvalue weighted by Crippen LogP contribution is -2.32. The van der Waals surface area contributed by atoms with E-state index in [4.69, 9.17) is 10.00 Å². The number of ether oxygens (including phenoxy) is 1. The van der Waals surface area contributed by atoms with Gasteiger partial charge in [-0.25, -0.2) is 0 Å². The Morgan fingerprint density at radius 3 is 2.75 bits per heavy atom. The molecular weight excluding hydrogens is 150 g/mol. The van der Waals surface area contributed by atoms with Gasteiger partial charge in [-0.05, 0) is 18.3 Å². The van der Waals surface area contributed by atoms with Crippen LogP contribution in [0.3, 0.4) is 0 Å². The SMILES string of the molecule is CCC(C)(C)C1OCCC1C#N. The van der Waals surface area contributed by atoms with Gasteiger partial charge in [0.1, 0.15) is 0 Å². The van der Waals surface area contributed by atoms with Crippen molar-refractivity contribution in [2.24, 2.45) is 11.3 Å². The van der Waals surface area contributed by atoms with E-state index in [-0.39, 0.29) is 17.4 Å². The second-order valence-corrected chi connectivity index (χ2v) is 4.16. The molecule has 1 saturated heterocycles. The predicted octanol–water partition coefficient (Wildman–Crippen LogP) is 2.35. The molecule has 68 valence electrons. The first-order valence-corrected chi connectivity index (χ1v) is 4.63. The molecule has 0 aromatic heterocycles. The maximum Gasteiger partial charge on any atom is 0.0784 e. The van der Waals surface area contributed by atoms with Crippen molar-refractivity contribution in [1.29, 1.82) is 5.26 Å². The Morgan fingerprint density at radius 1 is 1.58 bits per heavy atom. The van der Waals surface area contributed by atoms with E-state index >= 15 is 0 Å². The zero-order valence-electron chi connectivity index (χ0n) is 8.13. The Hall–Kier alpha value is -0.550. The fraction of sp³-hybridized carbons (Fsp3) is 0.900. The van der Waals surface area contributed by atoms with Crippen molar-refractivity contribution in [3.8, 4) is 6.07 Å². The number of nitrogens with zero attached hydrogens (tertiary/aromatic N) is 1. The standard InChI is InChI=1S/C10H17NO/c1-4-10(2,3)9-8(7-11)5-6-12-9/h8-9H,4-6H2,1-3H3. The molecule has 0 N–H and O–H groups in total. The molecule has 2 heteroatoms. The number of hydrogen-bond donors (Lipinski definition) is 0. The van der Waals surface area contributed by atoms with E-state index in [1.165, 1.54) is 0 Å². The van der Waals surface area contributed by atoms with Crippen molar-refractivity contribution in [3.05, 3.63) is 0 Å². The van der Waals surface area contributed by atoms with Crippen molar-refractivity contribution in [2.75, 3.05) is 6.61 Å². The maximum atomic E-state index is 8.87. The van der Waals surface area contributed by atoms with Crippen LogP contribution < -0.4 is 0 Å². The van der Waals surface area contributed by atoms with Gasteiger partial charge in [-0.3, -0.25) is 0 Å². The second kappa shape index (κ2) is 3.45. The minimum absolute atomic E-state index is 0.111. The lowest BCUT2D eigenvalue weighted by Gasteiger charge is -2.31. The number of rotatable bonds is 2. The Bertz CT molecular complexity index is 193. The molecule has 2 atom stereocenters. The molecule has 0 amide bonds. The zero-order valence-corrected chi connectivity index (χ0v) is 8.13. The summed E-state index contributed by atoms with van der Waals surface area (Å²) < 4.78 is 5.59. The van der Waals surface area contributed by atoms with E-state index < -0.39 is 0 Å². The van der Waals surface area contributed by atoms with E-state index in [0.717, 1.165) is 19.4 Å². The van der Waals surface area contributed by atoms with Crippen molar-refractivity contribution in [2.45, 2.75) is 39.7 Å². The van der Waals surface area contributed by atoms with Crippen LogP contribution in [0, 0.1) is 22.7 Å². The Balaban J connectivity index is 2.68. The van der Waals surface area contributed by atoms with Crippen LogP contribution in [0.25, 0.3) is 0 Å². The van der Waals surface area contributed by atoms with Crippen molar-refractivity contribution < 1.29 is 4.74 Å². The molecule has 1 aliphatic heterocycles. The van der Waals surface area contributed by atoms with Crippen LogP contribution >= 0.6 is 0 Å². The van der Waals surface area contributed by atoms with Crippen molar-refractivity contribution in [3.63, 3.8) is 0 Å². The molecule has 0 aromatic rings. The highest BCUT2D eigenvalue weighted by Gasteiger charge is 2.38. The second-order valence-electron chi connectivity index (χ2n) is 4.16. The molecule has 1 heterocycles. The highest BCUT2D eigenvalue weighted by molar-refractivity contribution is 4.98. The summed E-state index contributed by atoms with van der Waals surface area (Å²) in [5, 5.41) is 8.87. The molecule has 0 aromatic carbocycles. The normalized spacial score (nSPS) is 30.2. The molecule has 0 bridgehead atoms. The van der Waals surface area contributed by atoms with Gasteiger partial charge < -0.3 is 4.74 Å². The molecule has 0 radical (unpaired) electrons. The largest absolute Gasteiger partial charge is 0.376 e. The smallest absolute Gasteiger partial charge is 0.0784 e. The van der Waals surface area contributed by atoms with Gasteiger partial charge in [-0.15, -0.1) is 0 Å². The van der Waals surface area contributed by atoms with Gasteiger partial charge in [-0.1, -0.05) is 20.8 Å². The predicted molar refractivity (Wildman–Crippen MR) is 47.5 cm³/mol. The first-order chi connectivity index (χ1) is 5.61. The highest BCUT2D eigenvalue weighted by Crippen LogP contribution is 2.36. The maximum absolute atomic E-state index is 8.87. The molecular formula is C10H17NO. The van der Waals surface area contributed by atoms with Gasteiger partial charge in [0.25, 0.3) is 0 Å². The van der Waals surface area contributed by atoms with Crippen LogP contribution in [-0.4, -0.2) is 12.7 Å². The number of nitriles is 1. The average Bonchev–Trinajstić information content (AvgIpc) is 2.52. The van der Waals surface area contributed by atoms with Crippen molar-refractivity contribution in [1.82, 2.24) is 0 Å². The average molecular weight is 167 g/mol. The van der Waals surface area contributed by atoms with Crippen LogP contribution in [0.1, 0.15) is 33.6 Å². The summed E-state index contributed by atoms with van der Waals surface area (Å²) in [5.74, 6) is 0.111. The van der Waals surface area contributed by atoms with Crippen LogP contribution in [0.4, 0.5) is 0 Å². The van der Waals surface area contributed by atoms with Gasteiger partial charge in [0.15, 0.2) is 0 Å². The molecule has 1 rings (SSSR count). The lowest BCUT2D eigenvalue weighted by molar-refractivity contribution is 0.00500. The first-order valence-electron chi connectivity index (χ1n) is 4.63. The molecule has 0 aliphatic carbocycles. The van der Waals surface area contributed by atoms with Crippen LogP contribution in [0.5, 0.6) is 0 Å². The minimum atomic E-state index is 0.111. The number of hydrogen-bond acceptors (Lipinski definition) is 2. The van der Waals surface area contributed by atoms with E-state index in [9.17, 15) is 0 Å². The van der Waals surface area contributed by atoms with Gasteiger partial charge in [0, 0.05) is 6.61 Å². The van der Waals surface area contributed by atoms with Gasteiger partial charge in [0.2, 0.25) is 0 Å². The highest BCUT2D eigenvalue weighted by atomic mass is 16.5. The summed E-state index contributed by atoms with van der Waals surface area (Å²) in [4.78, 5) is 0. The summed E-state index contributed by atoms with van der Waals surface area (Å²) >= 11 is 0. The van der Waals surface area contributed by atoms with Crippen LogP contribution in [0.15, 0.2) is 0 Å². The third-order valence-corrected chi connectivity index (χ3v) is 2.94. The Kier molecular flexibility index (Phi) is 2.74. The Morgan fingerprint density at radius 2 is 2.25 bits per heavy atom. The van der Waals surface area contributed by atoms with Crippen LogP contribution in [-0.2, 0) is 4.74 Å². The summed E-state index contributed by atoms with van der Waals surface area (Å²) in [5.41, 5.74) is 0.150. The van der Waals surface area contributed by atoms with E-state index in [2.05, 4.69) is 26.8 Å². The molecule has 1 aliphatic rings. The Labute approximate surface area is 74.5 Å². The molecule has 2 nitrogen and oxygen atoms in total. The molecule has 2 unspecified atom stereocenters. The first kappa shape index (κ1) is 9.54. The third kappa shape index (κ3) is 1.61. The van der Waals surface area contributed by atoms with Crippen LogP contribution in [0.2, 0.25) is 0 Å². The quantitative estimate of drug-likeness (QED) is 0.632. The molecule has 0 spiro atoms. The molecule has 1 fully saturated rings. The third-order valence-electron chi connectivity index (χ3n) is 2.94. The fourth-order valence-electron chi connectivity index (χ4n) is 1.69. The lowest BCUT2D eigenvalue weighted by atomic mass is 9.78. The minimum Gasteiger partial charge on any atom is -0.376 e. The summed E-state index contributed by atoms with van der Waals surface area (Å²) in [6.07, 6.45) is 2.12. The zero-order chi connectivity index (χ0) is 9.19. The summed E-state index contributed by atoms with van der Waals surface area (Å²) in [6.45, 7) is 7.25. The van der Waals surface area contributed by atoms with E-state index in [1.807, 2.05) is 0 Å². The molecule has 0 saturated carbocycles. The van der Waals surface area contributed by atoms with Gasteiger partial charge >= 0.3 is 0 Å². The monoisotopic (exact) mass is 167 g/mol. The summed E-state index contributed by atoms with van der Waals surface area (Å²) in [7, 11) is 0. The van der Waals surface area contributed by atoms with Gasteiger partial charge in [-0.2, -0.15) is 5.26 Å². The molecule has 12 heavy (non-hydrogen) atoms. The van der Waals surface area contributed by atoms with E-state index in [1.54, 1.807) is 0 Å². The topological polar surface area (TPSA) is 33.0 Å². The van der Waals surface area contributed by atoms with E-state index in [0.29, 0.717) is 0 Å². The van der Waals surface area contributed by atoms with Crippen molar-refractivity contribution >= 4 is 0 Å². The van der Waals surface area contributed by atoms with Gasteiger partial charge in [0.05, 0.1) is 18.1 Å². The fourth-order valence-corrected chi connectivity index (χ4v) is 1.69. The summed E-state index contributed by atoms with van der Waals surface area (Å²) in [6, 6.07) is 2.33.